The van der Waals surface area contributed by atoms with Crippen molar-refractivity contribution in [2.45, 2.75) is 45.3 Å². The molecule has 0 radical (unpaired) electrons. The summed E-state index contributed by atoms with van der Waals surface area (Å²) in [7, 11) is 0. The van der Waals surface area contributed by atoms with Gasteiger partial charge in [0.15, 0.2) is 0 Å². The Morgan fingerprint density at radius 2 is 1.94 bits per heavy atom. The van der Waals surface area contributed by atoms with Crippen LogP contribution >= 0.6 is 11.8 Å². The first-order valence-electron chi connectivity index (χ1n) is 6.16. The van der Waals surface area contributed by atoms with E-state index < -0.39 is 0 Å². The monoisotopic (exact) mass is 253 g/mol. The van der Waals surface area contributed by atoms with E-state index in [1.165, 1.54) is 0 Å². The highest BCUT2D eigenvalue weighted by Crippen LogP contribution is 2.30. The third-order valence-electron chi connectivity index (χ3n) is 3.38. The molecule has 0 unspecified atom stereocenters. The number of aromatic nitrogens is 2. The molecule has 0 aliphatic rings. The molecule has 0 aliphatic heterocycles. The van der Waals surface area contributed by atoms with Crippen molar-refractivity contribution in [2.24, 2.45) is 0 Å². The van der Waals surface area contributed by atoms with E-state index in [2.05, 4.69) is 35.4 Å². The molecular weight excluding hydrogens is 230 g/mol. The lowest BCUT2D eigenvalue weighted by Gasteiger charge is -2.30. The van der Waals surface area contributed by atoms with Crippen LogP contribution in [0, 0.1) is 13.8 Å². The summed E-state index contributed by atoms with van der Waals surface area (Å²) in [5.41, 5.74) is 1.93. The fraction of sp³-hybridized carbons (Fsp3) is 0.692. The highest BCUT2D eigenvalue weighted by molar-refractivity contribution is 8.00. The van der Waals surface area contributed by atoms with Gasteiger partial charge in [-0.2, -0.15) is 11.8 Å². The Hall–Kier alpha value is -0.770. The molecule has 0 bridgehead atoms. The Labute approximate surface area is 109 Å². The van der Waals surface area contributed by atoms with E-state index in [-0.39, 0.29) is 0 Å². The molecule has 1 rings (SSSR count). The number of nitrogens with zero attached hydrogens (tertiary/aromatic N) is 2. The molecule has 0 atom stereocenters. The van der Waals surface area contributed by atoms with Crippen LogP contribution in [0.4, 0.5) is 5.82 Å². The predicted octanol–water partition coefficient (Wildman–Crippen LogP) is 3.43. The number of aryl methyl sites for hydroxylation is 2. The van der Waals surface area contributed by atoms with Gasteiger partial charge in [-0.3, -0.25) is 4.98 Å². The Kier molecular flexibility index (Phi) is 5.25. The van der Waals surface area contributed by atoms with Gasteiger partial charge in [0.1, 0.15) is 5.82 Å². The first kappa shape index (κ1) is 14.3. The van der Waals surface area contributed by atoms with Gasteiger partial charge in [0, 0.05) is 17.5 Å². The van der Waals surface area contributed by atoms with Gasteiger partial charge in [0.05, 0.1) is 11.4 Å². The summed E-state index contributed by atoms with van der Waals surface area (Å²) < 4.78 is 0.303. The number of thioether (sulfide) groups is 1. The molecule has 0 amide bonds. The van der Waals surface area contributed by atoms with Crippen LogP contribution in [0.5, 0.6) is 0 Å². The highest BCUT2D eigenvalue weighted by atomic mass is 32.2. The number of hydrogen-bond donors (Lipinski definition) is 1. The molecule has 0 saturated carbocycles. The van der Waals surface area contributed by atoms with Gasteiger partial charge in [-0.05, 0) is 32.9 Å². The molecule has 1 aromatic rings. The minimum atomic E-state index is 0.303. The molecule has 0 aliphatic carbocycles. The number of rotatable bonds is 6. The minimum absolute atomic E-state index is 0.303. The van der Waals surface area contributed by atoms with E-state index in [0.717, 1.165) is 36.6 Å². The van der Waals surface area contributed by atoms with Gasteiger partial charge in [-0.1, -0.05) is 13.8 Å². The molecule has 96 valence electrons. The third kappa shape index (κ3) is 3.60. The number of hydrogen-bond acceptors (Lipinski definition) is 4. The molecule has 1 heterocycles. The smallest absolute Gasteiger partial charge is 0.147 e. The van der Waals surface area contributed by atoms with Crippen molar-refractivity contribution in [1.29, 1.82) is 0 Å². The van der Waals surface area contributed by atoms with Crippen LogP contribution in [0.2, 0.25) is 0 Å². The zero-order valence-corrected chi connectivity index (χ0v) is 12.3. The summed E-state index contributed by atoms with van der Waals surface area (Å²) in [6.07, 6.45) is 6.32. The fourth-order valence-corrected chi connectivity index (χ4v) is 2.60. The molecule has 0 spiro atoms. The third-order valence-corrected chi connectivity index (χ3v) is 4.96. The maximum absolute atomic E-state index is 4.50. The van der Waals surface area contributed by atoms with Crippen LogP contribution in [0.3, 0.4) is 0 Å². The normalized spacial score (nSPS) is 11.6. The lowest BCUT2D eigenvalue weighted by atomic mass is 10.0. The zero-order valence-electron chi connectivity index (χ0n) is 11.5. The summed E-state index contributed by atoms with van der Waals surface area (Å²) in [6, 6.07) is 0. The Bertz CT molecular complexity index is 353. The van der Waals surface area contributed by atoms with Crippen LogP contribution in [0.25, 0.3) is 0 Å². The Morgan fingerprint density at radius 3 is 2.47 bits per heavy atom. The standard InChI is InChI=1S/C13H23N3S/c1-6-13(7-2,17-5)9-15-12-11(4)14-8-10(3)16-12/h8H,6-7,9H2,1-5H3,(H,15,16). The molecule has 4 heteroatoms. The topological polar surface area (TPSA) is 37.8 Å². The van der Waals surface area contributed by atoms with Crippen LogP contribution in [-0.4, -0.2) is 27.5 Å². The molecular formula is C13H23N3S. The summed E-state index contributed by atoms with van der Waals surface area (Å²) in [4.78, 5) is 8.82. The zero-order chi connectivity index (χ0) is 12.9. The molecule has 1 aromatic heterocycles. The van der Waals surface area contributed by atoms with Crippen molar-refractivity contribution >= 4 is 17.6 Å². The Balaban J connectivity index is 2.75. The average Bonchev–Trinajstić information content (AvgIpc) is 2.35. The van der Waals surface area contributed by atoms with Gasteiger partial charge < -0.3 is 5.32 Å². The lowest BCUT2D eigenvalue weighted by Crippen LogP contribution is -2.32. The Morgan fingerprint density at radius 1 is 1.29 bits per heavy atom. The summed E-state index contributed by atoms with van der Waals surface area (Å²) in [6.45, 7) is 9.40. The van der Waals surface area contributed by atoms with Gasteiger partial charge in [0.2, 0.25) is 0 Å². The van der Waals surface area contributed by atoms with E-state index in [4.69, 9.17) is 0 Å². The average molecular weight is 253 g/mol. The molecule has 0 aromatic carbocycles. The quantitative estimate of drug-likeness (QED) is 0.843. The number of nitrogens with one attached hydrogen (secondary N) is 1. The van der Waals surface area contributed by atoms with E-state index in [0.29, 0.717) is 4.75 Å². The van der Waals surface area contributed by atoms with Crippen molar-refractivity contribution in [3.05, 3.63) is 17.6 Å². The van der Waals surface area contributed by atoms with E-state index in [9.17, 15) is 0 Å². The van der Waals surface area contributed by atoms with Gasteiger partial charge in [-0.25, -0.2) is 4.98 Å². The van der Waals surface area contributed by atoms with Gasteiger partial charge in [0.25, 0.3) is 0 Å². The SMILES string of the molecule is CCC(CC)(CNc1nc(C)cnc1C)SC. The number of anilines is 1. The molecule has 17 heavy (non-hydrogen) atoms. The van der Waals surface area contributed by atoms with Gasteiger partial charge in [-0.15, -0.1) is 0 Å². The molecule has 3 nitrogen and oxygen atoms in total. The second-order valence-corrected chi connectivity index (χ2v) is 5.67. The van der Waals surface area contributed by atoms with E-state index >= 15 is 0 Å². The summed E-state index contributed by atoms with van der Waals surface area (Å²) in [5.74, 6) is 0.922. The van der Waals surface area contributed by atoms with Crippen molar-refractivity contribution < 1.29 is 0 Å². The van der Waals surface area contributed by atoms with Crippen molar-refractivity contribution in [3.8, 4) is 0 Å². The lowest BCUT2D eigenvalue weighted by molar-refractivity contribution is 0.573. The largest absolute Gasteiger partial charge is 0.367 e. The first-order chi connectivity index (χ1) is 8.06. The molecule has 1 N–H and O–H groups in total. The fourth-order valence-electron chi connectivity index (χ4n) is 1.81. The van der Waals surface area contributed by atoms with Crippen molar-refractivity contribution in [2.75, 3.05) is 18.1 Å². The maximum Gasteiger partial charge on any atom is 0.147 e. The first-order valence-corrected chi connectivity index (χ1v) is 7.38. The predicted molar refractivity (Wildman–Crippen MR) is 76.8 cm³/mol. The van der Waals surface area contributed by atoms with Crippen LogP contribution in [-0.2, 0) is 0 Å². The second-order valence-electron chi connectivity index (χ2n) is 4.39. The van der Waals surface area contributed by atoms with E-state index in [1.54, 1.807) is 0 Å². The summed E-state index contributed by atoms with van der Waals surface area (Å²) in [5, 5.41) is 3.45. The maximum atomic E-state index is 4.50. The minimum Gasteiger partial charge on any atom is -0.367 e. The summed E-state index contributed by atoms with van der Waals surface area (Å²) >= 11 is 1.94. The molecule has 0 saturated heterocycles. The van der Waals surface area contributed by atoms with Crippen LogP contribution in [0.15, 0.2) is 6.20 Å². The second kappa shape index (κ2) is 6.24. The van der Waals surface area contributed by atoms with Crippen molar-refractivity contribution in [1.82, 2.24) is 9.97 Å². The van der Waals surface area contributed by atoms with E-state index in [1.807, 2.05) is 31.8 Å². The van der Waals surface area contributed by atoms with Crippen LogP contribution < -0.4 is 5.32 Å². The highest BCUT2D eigenvalue weighted by Gasteiger charge is 2.24. The van der Waals surface area contributed by atoms with Crippen molar-refractivity contribution in [3.63, 3.8) is 0 Å². The molecule has 0 fully saturated rings. The van der Waals surface area contributed by atoms with Gasteiger partial charge >= 0.3 is 0 Å². The van der Waals surface area contributed by atoms with Crippen LogP contribution in [0.1, 0.15) is 38.1 Å².